The molecule has 0 spiro atoms. The zero-order valence-electron chi connectivity index (χ0n) is 16.3. The van der Waals surface area contributed by atoms with Crippen molar-refractivity contribution in [2.45, 2.75) is 0 Å². The quantitative estimate of drug-likeness (QED) is 0.313. The molecule has 2 heteroatoms. The number of benzene rings is 5. The van der Waals surface area contributed by atoms with Crippen molar-refractivity contribution < 1.29 is 0 Å². The molecule has 0 bridgehead atoms. The van der Waals surface area contributed by atoms with Crippen molar-refractivity contribution in [1.82, 2.24) is 0 Å². The third-order valence-corrected chi connectivity index (χ3v) is 6.88. The maximum atomic E-state index is 3.68. The summed E-state index contributed by atoms with van der Waals surface area (Å²) < 4.78 is 2.69. The number of hydrogen-bond acceptors (Lipinski definition) is 2. The first kappa shape index (κ1) is 17.3. The Morgan fingerprint density at radius 1 is 0.500 bits per heavy atom. The lowest BCUT2D eigenvalue weighted by atomic mass is 10.0. The molecule has 6 rings (SSSR count). The first-order valence-corrected chi connectivity index (χ1v) is 10.9. The van der Waals surface area contributed by atoms with Crippen LogP contribution in [0.1, 0.15) is 0 Å². The fourth-order valence-corrected chi connectivity index (χ4v) is 5.40. The van der Waals surface area contributed by atoms with Gasteiger partial charge in [0.2, 0.25) is 0 Å². The number of nitrogens with one attached hydrogen (secondary N) is 1. The van der Waals surface area contributed by atoms with Gasteiger partial charge in [-0.3, -0.25) is 0 Å². The average molecular weight is 402 g/mol. The second-order valence-corrected chi connectivity index (χ2v) is 8.57. The Labute approximate surface area is 179 Å². The summed E-state index contributed by atoms with van der Waals surface area (Å²) in [6, 6.07) is 38.8. The van der Waals surface area contributed by atoms with Gasteiger partial charge in [0, 0.05) is 42.3 Å². The average Bonchev–Trinajstić information content (AvgIpc) is 3.19. The van der Waals surface area contributed by atoms with Crippen LogP contribution in [-0.2, 0) is 0 Å². The molecule has 0 aliphatic heterocycles. The van der Waals surface area contributed by atoms with Gasteiger partial charge in [-0.1, -0.05) is 84.9 Å². The van der Waals surface area contributed by atoms with Gasteiger partial charge in [-0.15, -0.1) is 11.3 Å². The van der Waals surface area contributed by atoms with Gasteiger partial charge in [0.1, 0.15) is 0 Å². The highest BCUT2D eigenvalue weighted by Crippen LogP contribution is 2.42. The van der Waals surface area contributed by atoms with Gasteiger partial charge in [0.25, 0.3) is 0 Å². The van der Waals surface area contributed by atoms with Gasteiger partial charge in [-0.25, -0.2) is 0 Å². The standard InChI is InChI=1S/C28H19NS/c1-2-8-19(9-3-1)20-14-16-21(17-15-20)29-26-18-25-23-11-6-7-13-27(23)30-28(25)24-12-5-4-10-22(24)26/h1-18,29H. The Morgan fingerprint density at radius 3 is 1.93 bits per heavy atom. The van der Waals surface area contributed by atoms with E-state index in [0.717, 1.165) is 11.4 Å². The first-order valence-electron chi connectivity index (χ1n) is 10.1. The van der Waals surface area contributed by atoms with Crippen molar-refractivity contribution in [3.05, 3.63) is 109 Å². The minimum atomic E-state index is 1.10. The summed E-state index contributed by atoms with van der Waals surface area (Å²) in [6.45, 7) is 0. The van der Waals surface area contributed by atoms with Gasteiger partial charge in [0.05, 0.1) is 0 Å². The molecule has 5 aromatic carbocycles. The maximum Gasteiger partial charge on any atom is 0.0471 e. The van der Waals surface area contributed by atoms with E-state index in [1.54, 1.807) is 0 Å². The molecular weight excluding hydrogens is 382 g/mol. The van der Waals surface area contributed by atoms with Crippen molar-refractivity contribution in [2.24, 2.45) is 0 Å². The van der Waals surface area contributed by atoms with Crippen molar-refractivity contribution in [3.63, 3.8) is 0 Å². The van der Waals surface area contributed by atoms with Crippen molar-refractivity contribution >= 4 is 53.7 Å². The minimum absolute atomic E-state index is 1.10. The third kappa shape index (κ3) is 2.85. The Balaban J connectivity index is 1.48. The zero-order chi connectivity index (χ0) is 19.9. The van der Waals surface area contributed by atoms with Crippen LogP contribution < -0.4 is 5.32 Å². The molecule has 1 aromatic heterocycles. The number of anilines is 2. The topological polar surface area (TPSA) is 12.0 Å². The Kier molecular flexibility index (Phi) is 4.03. The lowest BCUT2D eigenvalue weighted by Crippen LogP contribution is -1.92. The van der Waals surface area contributed by atoms with Crippen LogP contribution in [-0.4, -0.2) is 0 Å². The molecule has 1 nitrogen and oxygen atoms in total. The molecule has 0 amide bonds. The molecular formula is C28H19NS. The Bertz CT molecular complexity index is 1490. The van der Waals surface area contributed by atoms with Crippen LogP contribution in [0.5, 0.6) is 0 Å². The van der Waals surface area contributed by atoms with Gasteiger partial charge < -0.3 is 5.32 Å². The molecule has 142 valence electrons. The summed E-state index contributed by atoms with van der Waals surface area (Å²) >= 11 is 1.88. The van der Waals surface area contributed by atoms with Crippen LogP contribution in [0.3, 0.4) is 0 Å². The van der Waals surface area contributed by atoms with Crippen LogP contribution in [0.15, 0.2) is 109 Å². The molecule has 0 atom stereocenters. The molecule has 1 N–H and O–H groups in total. The molecule has 1 heterocycles. The predicted octanol–water partition coefficient (Wildman–Crippen LogP) is 8.62. The molecule has 0 aliphatic carbocycles. The highest BCUT2D eigenvalue weighted by molar-refractivity contribution is 7.26. The second-order valence-electron chi connectivity index (χ2n) is 7.51. The molecule has 0 saturated carbocycles. The molecule has 0 radical (unpaired) electrons. The Hall–Kier alpha value is -3.62. The van der Waals surface area contributed by atoms with E-state index in [1.165, 1.54) is 42.1 Å². The van der Waals surface area contributed by atoms with E-state index >= 15 is 0 Å². The van der Waals surface area contributed by atoms with Crippen molar-refractivity contribution in [2.75, 3.05) is 5.32 Å². The zero-order valence-corrected chi connectivity index (χ0v) is 17.1. The molecule has 0 saturated heterocycles. The maximum absolute atomic E-state index is 3.68. The fraction of sp³-hybridized carbons (Fsp3) is 0. The van der Waals surface area contributed by atoms with Crippen LogP contribution in [0, 0.1) is 0 Å². The first-order chi connectivity index (χ1) is 14.9. The van der Waals surface area contributed by atoms with E-state index in [9.17, 15) is 0 Å². The van der Waals surface area contributed by atoms with Crippen molar-refractivity contribution in [1.29, 1.82) is 0 Å². The van der Waals surface area contributed by atoms with Gasteiger partial charge in [-0.05, 0) is 35.4 Å². The molecule has 0 unspecified atom stereocenters. The van der Waals surface area contributed by atoms with E-state index in [-0.39, 0.29) is 0 Å². The molecule has 0 aliphatic rings. The highest BCUT2D eigenvalue weighted by atomic mass is 32.1. The predicted molar refractivity (Wildman–Crippen MR) is 132 cm³/mol. The molecule has 6 aromatic rings. The second kappa shape index (κ2) is 7.01. The smallest absolute Gasteiger partial charge is 0.0471 e. The monoisotopic (exact) mass is 401 g/mol. The minimum Gasteiger partial charge on any atom is -0.355 e. The number of hydrogen-bond donors (Lipinski definition) is 1. The largest absolute Gasteiger partial charge is 0.355 e. The summed E-state index contributed by atoms with van der Waals surface area (Å²) in [5.41, 5.74) is 4.71. The lowest BCUT2D eigenvalue weighted by molar-refractivity contribution is 1.57. The van der Waals surface area contributed by atoms with E-state index in [2.05, 4.69) is 115 Å². The SMILES string of the molecule is c1ccc(-c2ccc(Nc3cc4c5ccccc5sc4c4ccccc34)cc2)cc1. The van der Waals surface area contributed by atoms with Crippen LogP contribution in [0.2, 0.25) is 0 Å². The van der Waals surface area contributed by atoms with Crippen molar-refractivity contribution in [3.8, 4) is 11.1 Å². The summed E-state index contributed by atoms with van der Waals surface area (Å²) in [6.07, 6.45) is 0. The number of fused-ring (bicyclic) bond motifs is 5. The number of thiophene rings is 1. The van der Waals surface area contributed by atoms with E-state index in [1.807, 2.05) is 11.3 Å². The lowest BCUT2D eigenvalue weighted by Gasteiger charge is -2.12. The summed E-state index contributed by atoms with van der Waals surface area (Å²) in [5, 5.41) is 8.88. The molecule has 0 fully saturated rings. The molecule has 30 heavy (non-hydrogen) atoms. The third-order valence-electron chi connectivity index (χ3n) is 5.66. The Morgan fingerprint density at radius 2 is 1.13 bits per heavy atom. The van der Waals surface area contributed by atoms with Gasteiger partial charge >= 0.3 is 0 Å². The van der Waals surface area contributed by atoms with Gasteiger partial charge in [0.15, 0.2) is 0 Å². The van der Waals surface area contributed by atoms with E-state index in [0.29, 0.717) is 0 Å². The highest BCUT2D eigenvalue weighted by Gasteiger charge is 2.12. The van der Waals surface area contributed by atoms with E-state index in [4.69, 9.17) is 0 Å². The summed E-state index contributed by atoms with van der Waals surface area (Å²) in [5.74, 6) is 0. The van der Waals surface area contributed by atoms with Crippen LogP contribution >= 0.6 is 11.3 Å². The van der Waals surface area contributed by atoms with Crippen LogP contribution in [0.4, 0.5) is 11.4 Å². The number of rotatable bonds is 3. The van der Waals surface area contributed by atoms with E-state index < -0.39 is 0 Å². The summed E-state index contributed by atoms with van der Waals surface area (Å²) in [7, 11) is 0. The summed E-state index contributed by atoms with van der Waals surface area (Å²) in [4.78, 5) is 0. The van der Waals surface area contributed by atoms with Crippen LogP contribution in [0.25, 0.3) is 42.1 Å². The van der Waals surface area contributed by atoms with Gasteiger partial charge in [-0.2, -0.15) is 0 Å². The normalized spacial score (nSPS) is 11.3. The fourth-order valence-electron chi connectivity index (χ4n) is 4.18.